The first kappa shape index (κ1) is 15.3. The monoisotopic (exact) mass is 313 g/mol. The maximum Gasteiger partial charge on any atom is 0.265 e. The normalized spacial score (nSPS) is 14.4. The number of hydrogen-bond donors (Lipinski definition) is 0. The van der Waals surface area contributed by atoms with E-state index in [1.165, 1.54) is 22.0 Å². The summed E-state index contributed by atoms with van der Waals surface area (Å²) >= 11 is 0. The molecule has 0 fully saturated rings. The summed E-state index contributed by atoms with van der Waals surface area (Å²) in [5, 5.41) is 0. The average molecular weight is 313 g/mol. The van der Waals surface area contributed by atoms with Gasteiger partial charge in [0, 0.05) is 12.4 Å². The molecule has 3 rings (SSSR count). The molecule has 1 aliphatic rings. The van der Waals surface area contributed by atoms with E-state index in [0.29, 0.717) is 11.4 Å². The zero-order valence-electron chi connectivity index (χ0n) is 13.4. The molecular weight excluding hydrogens is 294 g/mol. The predicted molar refractivity (Wildman–Crippen MR) is 85.8 cm³/mol. The third-order valence-electron chi connectivity index (χ3n) is 3.85. The van der Waals surface area contributed by atoms with Crippen LogP contribution in [0.25, 0.3) is 0 Å². The number of imidazole rings is 1. The SMILES string of the molecule is CC(C)(C)c1ccc2c(c1)N(CC(=O)n1ccnc1)C(=O)CO2. The molecule has 0 atom stereocenters. The molecule has 1 aliphatic heterocycles. The highest BCUT2D eigenvalue weighted by atomic mass is 16.5. The second-order valence-corrected chi connectivity index (χ2v) is 6.56. The highest BCUT2D eigenvalue weighted by Gasteiger charge is 2.29. The summed E-state index contributed by atoms with van der Waals surface area (Å²) in [6, 6.07) is 5.77. The molecule has 1 aromatic carbocycles. The van der Waals surface area contributed by atoms with Crippen molar-refractivity contribution < 1.29 is 14.3 Å². The van der Waals surface area contributed by atoms with Gasteiger partial charge in [0.15, 0.2) is 6.61 Å². The van der Waals surface area contributed by atoms with Crippen LogP contribution in [0.5, 0.6) is 5.75 Å². The molecule has 1 aromatic heterocycles. The Morgan fingerprint density at radius 1 is 1.35 bits per heavy atom. The fraction of sp³-hybridized carbons (Fsp3) is 0.353. The van der Waals surface area contributed by atoms with Crippen molar-refractivity contribution in [1.29, 1.82) is 0 Å². The van der Waals surface area contributed by atoms with Gasteiger partial charge in [0.25, 0.3) is 11.8 Å². The minimum absolute atomic E-state index is 0.0425. The third-order valence-corrected chi connectivity index (χ3v) is 3.85. The van der Waals surface area contributed by atoms with Crippen molar-refractivity contribution in [2.24, 2.45) is 0 Å². The summed E-state index contributed by atoms with van der Waals surface area (Å²) in [4.78, 5) is 29.9. The standard InChI is InChI=1S/C17H19N3O3/c1-17(2,3)12-4-5-14-13(8-12)20(16(22)10-23-14)9-15(21)19-7-6-18-11-19/h4-8,11H,9-10H2,1-3H3. The fourth-order valence-corrected chi connectivity index (χ4v) is 2.47. The van der Waals surface area contributed by atoms with Gasteiger partial charge in [0.1, 0.15) is 18.6 Å². The maximum atomic E-state index is 12.3. The number of fused-ring (bicyclic) bond motifs is 1. The van der Waals surface area contributed by atoms with Crippen LogP contribution in [0.2, 0.25) is 0 Å². The van der Waals surface area contributed by atoms with E-state index in [1.54, 1.807) is 6.20 Å². The van der Waals surface area contributed by atoms with Crippen molar-refractivity contribution in [2.75, 3.05) is 18.1 Å². The number of anilines is 1. The van der Waals surface area contributed by atoms with E-state index >= 15 is 0 Å². The molecule has 0 saturated heterocycles. The summed E-state index contributed by atoms with van der Waals surface area (Å²) in [5.41, 5.74) is 1.66. The summed E-state index contributed by atoms with van der Waals surface area (Å²) in [7, 11) is 0. The van der Waals surface area contributed by atoms with Gasteiger partial charge in [0.05, 0.1) is 5.69 Å². The van der Waals surface area contributed by atoms with Gasteiger partial charge in [-0.1, -0.05) is 26.8 Å². The highest BCUT2D eigenvalue weighted by Crippen LogP contribution is 2.36. The molecule has 23 heavy (non-hydrogen) atoms. The molecule has 0 spiro atoms. The largest absolute Gasteiger partial charge is 0.482 e. The third kappa shape index (κ3) is 2.97. The van der Waals surface area contributed by atoms with E-state index in [-0.39, 0.29) is 30.4 Å². The van der Waals surface area contributed by atoms with E-state index in [0.717, 1.165) is 5.56 Å². The van der Waals surface area contributed by atoms with Crippen LogP contribution in [0, 0.1) is 0 Å². The first-order valence-electron chi connectivity index (χ1n) is 7.45. The number of nitrogens with zero attached hydrogens (tertiary/aromatic N) is 3. The van der Waals surface area contributed by atoms with Crippen LogP contribution < -0.4 is 9.64 Å². The molecule has 2 aromatic rings. The Kier molecular flexibility index (Phi) is 3.67. The number of ether oxygens (including phenoxy) is 1. The number of rotatable bonds is 2. The number of benzene rings is 1. The number of carbonyl (C=O) groups excluding carboxylic acids is 2. The Bertz CT molecular complexity index is 745. The lowest BCUT2D eigenvalue weighted by molar-refractivity contribution is -0.121. The minimum atomic E-state index is -0.225. The molecule has 6 heteroatoms. The predicted octanol–water partition coefficient (Wildman–Crippen LogP) is 2.25. The van der Waals surface area contributed by atoms with Gasteiger partial charge in [-0.15, -0.1) is 0 Å². The number of hydrogen-bond acceptors (Lipinski definition) is 4. The van der Waals surface area contributed by atoms with E-state index in [9.17, 15) is 9.59 Å². The molecule has 0 bridgehead atoms. The molecule has 6 nitrogen and oxygen atoms in total. The van der Waals surface area contributed by atoms with Crippen LogP contribution >= 0.6 is 0 Å². The maximum absolute atomic E-state index is 12.3. The second kappa shape index (κ2) is 5.53. The zero-order chi connectivity index (χ0) is 16.6. The molecule has 0 radical (unpaired) electrons. The van der Waals surface area contributed by atoms with Crippen molar-refractivity contribution >= 4 is 17.5 Å². The van der Waals surface area contributed by atoms with Crippen LogP contribution in [0.1, 0.15) is 31.1 Å². The molecule has 1 amide bonds. The molecular formula is C17H19N3O3. The molecule has 2 heterocycles. The Morgan fingerprint density at radius 3 is 2.78 bits per heavy atom. The summed E-state index contributed by atoms with van der Waals surface area (Å²) in [6.45, 7) is 6.20. The Labute approximate surface area is 134 Å². The lowest BCUT2D eigenvalue weighted by Crippen LogP contribution is -2.43. The molecule has 120 valence electrons. The first-order chi connectivity index (χ1) is 10.9. The van der Waals surface area contributed by atoms with Gasteiger partial charge in [-0.05, 0) is 23.1 Å². The van der Waals surface area contributed by atoms with Gasteiger partial charge >= 0.3 is 0 Å². The molecule has 0 saturated carbocycles. The second-order valence-electron chi connectivity index (χ2n) is 6.56. The number of amides is 1. The van der Waals surface area contributed by atoms with Crippen molar-refractivity contribution in [1.82, 2.24) is 9.55 Å². The van der Waals surface area contributed by atoms with Crippen molar-refractivity contribution in [2.45, 2.75) is 26.2 Å². The van der Waals surface area contributed by atoms with Crippen LogP contribution in [0.15, 0.2) is 36.9 Å². The van der Waals surface area contributed by atoms with Crippen molar-refractivity contribution in [3.8, 4) is 5.75 Å². The fourth-order valence-electron chi connectivity index (χ4n) is 2.47. The summed E-state index contributed by atoms with van der Waals surface area (Å²) in [5.74, 6) is 0.179. The number of aromatic nitrogens is 2. The minimum Gasteiger partial charge on any atom is -0.482 e. The molecule has 0 aliphatic carbocycles. The molecule has 0 unspecified atom stereocenters. The van der Waals surface area contributed by atoms with Gasteiger partial charge in [-0.25, -0.2) is 4.98 Å². The van der Waals surface area contributed by atoms with Gasteiger partial charge in [-0.2, -0.15) is 0 Å². The Balaban J connectivity index is 1.95. The van der Waals surface area contributed by atoms with E-state index in [4.69, 9.17) is 4.74 Å². The Hall–Kier alpha value is -2.63. The van der Waals surface area contributed by atoms with Crippen LogP contribution in [-0.2, 0) is 10.2 Å². The Morgan fingerprint density at radius 2 is 2.13 bits per heavy atom. The molecule has 0 N–H and O–H groups in total. The van der Waals surface area contributed by atoms with Gasteiger partial charge in [-0.3, -0.25) is 19.1 Å². The first-order valence-corrected chi connectivity index (χ1v) is 7.45. The van der Waals surface area contributed by atoms with E-state index < -0.39 is 0 Å². The van der Waals surface area contributed by atoms with Crippen molar-refractivity contribution in [3.63, 3.8) is 0 Å². The topological polar surface area (TPSA) is 64.4 Å². The summed E-state index contributed by atoms with van der Waals surface area (Å²) < 4.78 is 6.86. The van der Waals surface area contributed by atoms with Crippen LogP contribution in [-0.4, -0.2) is 34.5 Å². The van der Waals surface area contributed by atoms with E-state index in [2.05, 4.69) is 25.8 Å². The lowest BCUT2D eigenvalue weighted by Gasteiger charge is -2.31. The van der Waals surface area contributed by atoms with Crippen LogP contribution in [0.4, 0.5) is 5.69 Å². The summed E-state index contributed by atoms with van der Waals surface area (Å²) in [6.07, 6.45) is 4.53. The smallest absolute Gasteiger partial charge is 0.265 e. The quantitative estimate of drug-likeness (QED) is 0.853. The van der Waals surface area contributed by atoms with Gasteiger partial charge in [0.2, 0.25) is 0 Å². The lowest BCUT2D eigenvalue weighted by atomic mass is 9.86. The van der Waals surface area contributed by atoms with E-state index in [1.807, 2.05) is 18.2 Å². The zero-order valence-corrected chi connectivity index (χ0v) is 13.4. The van der Waals surface area contributed by atoms with Gasteiger partial charge < -0.3 is 4.74 Å². The number of carbonyl (C=O) groups is 2. The highest BCUT2D eigenvalue weighted by molar-refractivity contribution is 6.02. The van der Waals surface area contributed by atoms with Crippen LogP contribution in [0.3, 0.4) is 0 Å². The van der Waals surface area contributed by atoms with Crippen molar-refractivity contribution in [3.05, 3.63) is 42.5 Å². The average Bonchev–Trinajstić information content (AvgIpc) is 3.03.